The van der Waals surface area contributed by atoms with Crippen molar-refractivity contribution in [1.29, 1.82) is 0 Å². The molecule has 7 nitrogen and oxygen atoms in total. The number of nitrogens with zero attached hydrogens (tertiary/aromatic N) is 3. The maximum atomic E-state index is 13.3. The second kappa shape index (κ2) is 8.76. The third-order valence-electron chi connectivity index (χ3n) is 5.05. The predicted octanol–water partition coefficient (Wildman–Crippen LogP) is 4.81. The van der Waals surface area contributed by atoms with Gasteiger partial charge in [-0.1, -0.05) is 35.6 Å². The molecule has 32 heavy (non-hydrogen) atoms. The number of benzene rings is 2. The van der Waals surface area contributed by atoms with Gasteiger partial charge in [-0.3, -0.25) is 4.79 Å². The monoisotopic (exact) mass is 464 g/mol. The number of carbonyl (C=O) groups excluding carboxylic acids is 1. The van der Waals surface area contributed by atoms with Crippen LogP contribution in [0.1, 0.15) is 33.9 Å². The fourth-order valence-electron chi connectivity index (χ4n) is 3.49. The normalized spacial score (nSPS) is 13.7. The van der Waals surface area contributed by atoms with Crippen LogP contribution in [0.2, 0.25) is 0 Å². The number of hydrogen-bond acceptors (Lipinski definition) is 8. The standard InChI is InChI=1S/C23H20N4O3S2/c1-13(15-7-8-19-20(11-15)30-10-9-29-19)24-22(28)17-12-21(32-23-27-26-14(2)31-23)25-18-6-4-3-5-16(17)18/h3-8,11-13H,9-10H2,1-2H3,(H,24,28). The Balaban J connectivity index is 1.43. The summed E-state index contributed by atoms with van der Waals surface area (Å²) < 4.78 is 12.1. The number of amides is 1. The highest BCUT2D eigenvalue weighted by atomic mass is 32.2. The molecule has 1 amide bonds. The molecular formula is C23H20N4O3S2. The summed E-state index contributed by atoms with van der Waals surface area (Å²) in [6.45, 7) is 4.93. The van der Waals surface area contributed by atoms with E-state index in [1.165, 1.54) is 23.1 Å². The van der Waals surface area contributed by atoms with Gasteiger partial charge in [0.2, 0.25) is 0 Å². The Kier molecular flexibility index (Phi) is 5.67. The van der Waals surface area contributed by atoms with Crippen molar-refractivity contribution in [3.05, 3.63) is 64.7 Å². The second-order valence-electron chi connectivity index (χ2n) is 7.31. The fourth-order valence-corrected chi connectivity index (χ4v) is 5.27. The molecule has 0 fully saturated rings. The molecule has 2 aromatic carbocycles. The molecule has 162 valence electrons. The maximum Gasteiger partial charge on any atom is 0.252 e. The van der Waals surface area contributed by atoms with E-state index in [0.29, 0.717) is 29.6 Å². The molecule has 0 spiro atoms. The van der Waals surface area contributed by atoms with Crippen LogP contribution in [0.3, 0.4) is 0 Å². The molecular weight excluding hydrogens is 444 g/mol. The highest BCUT2D eigenvalue weighted by Gasteiger charge is 2.19. The van der Waals surface area contributed by atoms with E-state index in [2.05, 4.69) is 15.5 Å². The topological polar surface area (TPSA) is 86.2 Å². The minimum Gasteiger partial charge on any atom is -0.486 e. The van der Waals surface area contributed by atoms with E-state index in [4.69, 9.17) is 14.5 Å². The van der Waals surface area contributed by atoms with Crippen LogP contribution in [0, 0.1) is 6.92 Å². The van der Waals surface area contributed by atoms with Gasteiger partial charge in [-0.15, -0.1) is 10.2 Å². The van der Waals surface area contributed by atoms with Gasteiger partial charge in [-0.05, 0) is 55.4 Å². The zero-order valence-electron chi connectivity index (χ0n) is 17.5. The first-order chi connectivity index (χ1) is 15.6. The van der Waals surface area contributed by atoms with Gasteiger partial charge in [-0.25, -0.2) is 4.98 Å². The molecule has 2 aromatic heterocycles. The second-order valence-corrected chi connectivity index (χ2v) is 9.76. The molecule has 1 aliphatic rings. The summed E-state index contributed by atoms with van der Waals surface area (Å²) in [7, 11) is 0. The van der Waals surface area contributed by atoms with Gasteiger partial charge in [0.15, 0.2) is 15.8 Å². The lowest BCUT2D eigenvalue weighted by Crippen LogP contribution is -2.27. The lowest BCUT2D eigenvalue weighted by atomic mass is 10.1. The Bertz CT molecular complexity index is 1310. The van der Waals surface area contributed by atoms with Crippen LogP contribution < -0.4 is 14.8 Å². The highest BCUT2D eigenvalue weighted by molar-refractivity contribution is 8.01. The molecule has 0 aliphatic carbocycles. The lowest BCUT2D eigenvalue weighted by molar-refractivity contribution is 0.0941. The van der Waals surface area contributed by atoms with Crippen molar-refractivity contribution in [3.8, 4) is 11.5 Å². The molecule has 9 heteroatoms. The molecule has 1 aliphatic heterocycles. The summed E-state index contributed by atoms with van der Waals surface area (Å²) in [5, 5.41) is 13.7. The number of aryl methyl sites for hydroxylation is 1. The number of rotatable bonds is 5. The van der Waals surface area contributed by atoms with Crippen LogP contribution in [-0.4, -0.2) is 34.3 Å². The van der Waals surface area contributed by atoms with Gasteiger partial charge in [0.05, 0.1) is 17.1 Å². The van der Waals surface area contributed by atoms with Gasteiger partial charge in [0.25, 0.3) is 5.91 Å². The third kappa shape index (κ3) is 4.26. The summed E-state index contributed by atoms with van der Waals surface area (Å²) in [5.74, 6) is 1.27. The zero-order chi connectivity index (χ0) is 22.1. The van der Waals surface area contributed by atoms with Crippen LogP contribution in [0.25, 0.3) is 10.9 Å². The van der Waals surface area contributed by atoms with Crippen molar-refractivity contribution in [1.82, 2.24) is 20.5 Å². The van der Waals surface area contributed by atoms with Gasteiger partial charge in [-0.2, -0.15) is 0 Å². The van der Waals surface area contributed by atoms with Gasteiger partial charge < -0.3 is 14.8 Å². The minimum absolute atomic E-state index is 0.165. The van der Waals surface area contributed by atoms with E-state index in [0.717, 1.165) is 31.6 Å². The number of nitrogens with one attached hydrogen (secondary N) is 1. The van der Waals surface area contributed by atoms with Gasteiger partial charge >= 0.3 is 0 Å². The van der Waals surface area contributed by atoms with Crippen LogP contribution >= 0.6 is 23.1 Å². The largest absolute Gasteiger partial charge is 0.486 e. The molecule has 1 atom stereocenters. The van der Waals surface area contributed by atoms with Crippen LogP contribution in [0.15, 0.2) is 57.9 Å². The highest BCUT2D eigenvalue weighted by Crippen LogP contribution is 2.34. The number of pyridine rings is 1. The summed E-state index contributed by atoms with van der Waals surface area (Å²) in [6, 6.07) is 15.0. The van der Waals surface area contributed by atoms with E-state index in [1.807, 2.05) is 62.4 Å². The van der Waals surface area contributed by atoms with E-state index >= 15 is 0 Å². The molecule has 4 aromatic rings. The van der Waals surface area contributed by atoms with Crippen molar-refractivity contribution in [3.63, 3.8) is 0 Å². The van der Waals surface area contributed by atoms with Gasteiger partial charge in [0.1, 0.15) is 23.2 Å². The fraction of sp³-hybridized carbons (Fsp3) is 0.217. The van der Waals surface area contributed by atoms with Crippen molar-refractivity contribution in [2.24, 2.45) is 0 Å². The lowest BCUT2D eigenvalue weighted by Gasteiger charge is -2.21. The van der Waals surface area contributed by atoms with Crippen molar-refractivity contribution < 1.29 is 14.3 Å². The van der Waals surface area contributed by atoms with Crippen LogP contribution in [0.4, 0.5) is 0 Å². The number of para-hydroxylation sites is 1. The van der Waals surface area contributed by atoms with Crippen molar-refractivity contribution >= 4 is 39.9 Å². The van der Waals surface area contributed by atoms with E-state index in [1.54, 1.807) is 0 Å². The number of carbonyl (C=O) groups is 1. The molecule has 1 N–H and O–H groups in total. The predicted molar refractivity (Wildman–Crippen MR) is 124 cm³/mol. The number of fused-ring (bicyclic) bond motifs is 2. The molecule has 1 unspecified atom stereocenters. The summed E-state index contributed by atoms with van der Waals surface area (Å²) in [4.78, 5) is 18.0. The van der Waals surface area contributed by atoms with E-state index in [9.17, 15) is 4.79 Å². The number of ether oxygens (including phenoxy) is 2. The minimum atomic E-state index is -0.216. The van der Waals surface area contributed by atoms with Crippen molar-refractivity contribution in [2.75, 3.05) is 13.2 Å². The maximum absolute atomic E-state index is 13.3. The summed E-state index contributed by atoms with van der Waals surface area (Å²) in [5.41, 5.74) is 2.28. The first kappa shape index (κ1) is 20.7. The number of hydrogen-bond donors (Lipinski definition) is 1. The SMILES string of the molecule is Cc1nnc(Sc2cc(C(=O)NC(C)c3ccc4c(c3)OCCO4)c3ccccc3n2)s1. The molecule has 0 saturated carbocycles. The smallest absolute Gasteiger partial charge is 0.252 e. The quantitative estimate of drug-likeness (QED) is 0.454. The molecule has 5 rings (SSSR count). The molecule has 0 bridgehead atoms. The zero-order valence-corrected chi connectivity index (χ0v) is 19.1. The van der Waals surface area contributed by atoms with Crippen LogP contribution in [0.5, 0.6) is 11.5 Å². The average molecular weight is 465 g/mol. The Labute approximate surface area is 193 Å². The number of aromatic nitrogens is 3. The Morgan fingerprint density at radius 3 is 2.72 bits per heavy atom. The summed E-state index contributed by atoms with van der Waals surface area (Å²) >= 11 is 2.91. The third-order valence-corrected chi connectivity index (χ3v) is 6.86. The average Bonchev–Trinajstić information content (AvgIpc) is 3.22. The van der Waals surface area contributed by atoms with E-state index in [-0.39, 0.29) is 11.9 Å². The first-order valence-corrected chi connectivity index (χ1v) is 11.8. The Morgan fingerprint density at radius 2 is 1.91 bits per heavy atom. The molecule has 3 heterocycles. The van der Waals surface area contributed by atoms with Crippen molar-refractivity contribution in [2.45, 2.75) is 29.3 Å². The molecule has 0 radical (unpaired) electrons. The summed E-state index contributed by atoms with van der Waals surface area (Å²) in [6.07, 6.45) is 0. The first-order valence-electron chi connectivity index (χ1n) is 10.1. The van der Waals surface area contributed by atoms with Crippen LogP contribution in [-0.2, 0) is 0 Å². The van der Waals surface area contributed by atoms with E-state index < -0.39 is 0 Å². The molecule has 0 saturated heterocycles. The Morgan fingerprint density at radius 1 is 1.09 bits per heavy atom. The van der Waals surface area contributed by atoms with Gasteiger partial charge in [0, 0.05) is 5.39 Å². The Hall–Kier alpha value is -3.17.